The molecule has 186 valence electrons. The molecule has 0 aliphatic heterocycles. The van der Waals surface area contributed by atoms with Crippen molar-refractivity contribution in [1.29, 1.82) is 0 Å². The normalized spacial score (nSPS) is 12.3. The van der Waals surface area contributed by atoms with Crippen molar-refractivity contribution in [3.8, 4) is 0 Å². The monoisotopic (exact) mass is 486 g/mol. The maximum atomic E-state index is 13.0. The Morgan fingerprint density at radius 2 is 1.47 bits per heavy atom. The molecule has 1 heterocycles. The third kappa shape index (κ3) is 5.10. The van der Waals surface area contributed by atoms with E-state index in [9.17, 15) is 19.5 Å². The van der Waals surface area contributed by atoms with Gasteiger partial charge in [0.2, 0.25) is 0 Å². The van der Waals surface area contributed by atoms with E-state index < -0.39 is 18.0 Å². The summed E-state index contributed by atoms with van der Waals surface area (Å²) >= 11 is 0. The van der Waals surface area contributed by atoms with Gasteiger partial charge in [0.25, 0.3) is 0 Å². The second-order valence-corrected chi connectivity index (χ2v) is 9.55. The van der Waals surface area contributed by atoms with Crippen LogP contribution in [0.1, 0.15) is 67.4 Å². The highest BCUT2D eigenvalue weighted by Gasteiger charge is 2.25. The van der Waals surface area contributed by atoms with Crippen LogP contribution in [-0.2, 0) is 4.79 Å². The summed E-state index contributed by atoms with van der Waals surface area (Å²) in [4.78, 5) is 37.8. The minimum Gasteiger partial charge on any atom is -0.480 e. The highest BCUT2D eigenvalue weighted by Crippen LogP contribution is 2.32. The van der Waals surface area contributed by atoms with Crippen molar-refractivity contribution in [2.24, 2.45) is 0 Å². The number of furan rings is 1. The topological polar surface area (TPSA) is 109 Å². The first-order valence-corrected chi connectivity index (χ1v) is 12.0. The van der Waals surface area contributed by atoms with Crippen molar-refractivity contribution < 1.29 is 23.9 Å². The molecular weight excluding hydrogens is 456 g/mol. The van der Waals surface area contributed by atoms with Gasteiger partial charge in [0.1, 0.15) is 17.2 Å². The molecule has 4 aromatic rings. The summed E-state index contributed by atoms with van der Waals surface area (Å²) in [6, 6.07) is 16.3. The van der Waals surface area contributed by atoms with E-state index in [1.807, 2.05) is 70.2 Å². The first kappa shape index (κ1) is 25.0. The maximum absolute atomic E-state index is 13.0. The molecule has 2 amide bonds. The van der Waals surface area contributed by atoms with Gasteiger partial charge >= 0.3 is 12.0 Å². The van der Waals surface area contributed by atoms with Crippen molar-refractivity contribution >= 4 is 45.4 Å². The molecule has 3 aromatic carbocycles. The number of anilines is 1. The number of fused-ring (bicyclic) bond motifs is 3. The quantitative estimate of drug-likeness (QED) is 0.241. The van der Waals surface area contributed by atoms with Crippen molar-refractivity contribution in [3.63, 3.8) is 0 Å². The molecular formula is C29H30N2O5. The van der Waals surface area contributed by atoms with Gasteiger partial charge in [-0.2, -0.15) is 0 Å². The number of hydrogen-bond acceptors (Lipinski definition) is 4. The van der Waals surface area contributed by atoms with Gasteiger partial charge in [-0.1, -0.05) is 64.1 Å². The Labute approximate surface area is 209 Å². The summed E-state index contributed by atoms with van der Waals surface area (Å²) in [6.07, 6.45) is -0.382. The number of carbonyl (C=O) groups excluding carboxylic acids is 2. The van der Waals surface area contributed by atoms with Crippen LogP contribution in [0.3, 0.4) is 0 Å². The van der Waals surface area contributed by atoms with Crippen LogP contribution in [0, 0.1) is 0 Å². The fourth-order valence-electron chi connectivity index (χ4n) is 4.41. The second-order valence-electron chi connectivity index (χ2n) is 9.55. The average molecular weight is 487 g/mol. The standard InChI is InChI=1S/C29H30N2O5/c1-16(2)19-9-7-10-20(17(3)4)27(19)31-29(35)30-23(28(33)34)15-24(32)18-12-13-26-22(14-18)21-8-5-6-11-25(21)36-26/h5-14,16-17,23H,15H2,1-4H3,(H,33,34)(H2,30,31,35)/t23-/m0/s1. The highest BCUT2D eigenvalue weighted by atomic mass is 16.4. The van der Waals surface area contributed by atoms with Crippen LogP contribution < -0.4 is 10.6 Å². The number of nitrogens with one attached hydrogen (secondary N) is 2. The van der Waals surface area contributed by atoms with E-state index in [2.05, 4.69) is 10.6 Å². The van der Waals surface area contributed by atoms with Crippen molar-refractivity contribution in [1.82, 2.24) is 5.32 Å². The Morgan fingerprint density at radius 3 is 2.11 bits per heavy atom. The lowest BCUT2D eigenvalue weighted by Crippen LogP contribution is -2.44. The number of carboxylic acids is 1. The Kier molecular flexibility index (Phi) is 7.10. The molecule has 36 heavy (non-hydrogen) atoms. The van der Waals surface area contributed by atoms with Gasteiger partial charge < -0.3 is 20.2 Å². The Balaban J connectivity index is 1.53. The lowest BCUT2D eigenvalue weighted by atomic mass is 9.93. The number of carboxylic acid groups (broad SMARTS) is 1. The zero-order valence-corrected chi connectivity index (χ0v) is 20.8. The minimum absolute atomic E-state index is 0.157. The van der Waals surface area contributed by atoms with Crippen molar-refractivity contribution in [2.45, 2.75) is 52.0 Å². The number of para-hydroxylation sites is 2. The minimum atomic E-state index is -1.39. The molecule has 0 saturated carbocycles. The summed E-state index contributed by atoms with van der Waals surface area (Å²) in [5.41, 5.74) is 4.30. The highest BCUT2D eigenvalue weighted by molar-refractivity contribution is 6.09. The lowest BCUT2D eigenvalue weighted by Gasteiger charge is -2.21. The molecule has 0 fully saturated rings. The number of benzene rings is 3. The van der Waals surface area contributed by atoms with E-state index in [0.717, 1.165) is 21.9 Å². The van der Waals surface area contributed by atoms with Gasteiger partial charge in [-0.15, -0.1) is 0 Å². The number of ketones is 1. The Hall–Kier alpha value is -4.13. The zero-order chi connectivity index (χ0) is 26.0. The van der Waals surface area contributed by atoms with Gasteiger partial charge in [-0.25, -0.2) is 9.59 Å². The number of rotatable bonds is 8. The van der Waals surface area contributed by atoms with Gasteiger partial charge in [0.05, 0.1) is 0 Å². The molecule has 7 heteroatoms. The van der Waals surface area contributed by atoms with Gasteiger partial charge in [0.15, 0.2) is 5.78 Å². The fourth-order valence-corrected chi connectivity index (χ4v) is 4.41. The van der Waals surface area contributed by atoms with Gasteiger partial charge in [-0.3, -0.25) is 4.79 Å². The van der Waals surface area contributed by atoms with Crippen LogP contribution in [0.2, 0.25) is 0 Å². The summed E-state index contributed by atoms with van der Waals surface area (Å²) in [5.74, 6) is -1.36. The lowest BCUT2D eigenvalue weighted by molar-refractivity contribution is -0.139. The molecule has 4 rings (SSSR count). The number of hydrogen-bond donors (Lipinski definition) is 3. The molecule has 0 unspecified atom stereocenters. The fraction of sp³-hybridized carbons (Fsp3) is 0.276. The molecule has 1 aromatic heterocycles. The van der Waals surface area contributed by atoms with Gasteiger partial charge in [-0.05, 0) is 47.2 Å². The van der Waals surface area contributed by atoms with E-state index in [-0.39, 0.29) is 24.0 Å². The first-order valence-electron chi connectivity index (χ1n) is 12.0. The Morgan fingerprint density at radius 1 is 0.833 bits per heavy atom. The van der Waals surface area contributed by atoms with Crippen LogP contribution in [0.25, 0.3) is 21.9 Å². The molecule has 0 spiro atoms. The molecule has 7 nitrogen and oxygen atoms in total. The van der Waals surface area contributed by atoms with Crippen LogP contribution in [0.15, 0.2) is 65.1 Å². The first-order chi connectivity index (χ1) is 17.2. The maximum Gasteiger partial charge on any atom is 0.326 e. The summed E-state index contributed by atoms with van der Waals surface area (Å²) in [5, 5.41) is 16.7. The van der Waals surface area contributed by atoms with E-state index in [4.69, 9.17) is 4.42 Å². The van der Waals surface area contributed by atoms with Crippen molar-refractivity contribution in [3.05, 3.63) is 77.4 Å². The molecule has 0 aliphatic rings. The molecule has 0 aliphatic carbocycles. The van der Waals surface area contributed by atoms with E-state index >= 15 is 0 Å². The number of amides is 2. The van der Waals surface area contributed by atoms with Crippen LogP contribution in [0.5, 0.6) is 0 Å². The molecule has 0 bridgehead atoms. The SMILES string of the molecule is CC(C)c1cccc(C(C)C)c1NC(=O)N[C@@H](CC(=O)c1ccc2oc3ccccc3c2c1)C(=O)O. The third-order valence-corrected chi connectivity index (χ3v) is 6.30. The molecule has 3 N–H and O–H groups in total. The number of carbonyl (C=O) groups is 3. The summed E-state index contributed by atoms with van der Waals surface area (Å²) in [6.45, 7) is 8.12. The second kappa shape index (κ2) is 10.2. The zero-order valence-electron chi connectivity index (χ0n) is 20.8. The van der Waals surface area contributed by atoms with E-state index in [0.29, 0.717) is 22.4 Å². The van der Waals surface area contributed by atoms with Crippen LogP contribution in [0.4, 0.5) is 10.5 Å². The molecule has 1 atom stereocenters. The summed E-state index contributed by atoms with van der Waals surface area (Å²) < 4.78 is 5.80. The predicted octanol–water partition coefficient (Wildman–Crippen LogP) is 6.68. The number of aliphatic carboxylic acids is 1. The summed E-state index contributed by atoms with van der Waals surface area (Å²) in [7, 11) is 0. The van der Waals surface area contributed by atoms with E-state index in [1.165, 1.54) is 0 Å². The average Bonchev–Trinajstić information content (AvgIpc) is 3.21. The molecule has 0 radical (unpaired) electrons. The van der Waals surface area contributed by atoms with Gasteiger partial charge in [0, 0.05) is 28.4 Å². The van der Waals surface area contributed by atoms with E-state index in [1.54, 1.807) is 18.2 Å². The largest absolute Gasteiger partial charge is 0.480 e. The molecule has 0 saturated heterocycles. The third-order valence-electron chi connectivity index (χ3n) is 6.30. The number of Topliss-reactive ketones (excluding diaryl/α,β-unsaturated/α-hetero) is 1. The van der Waals surface area contributed by atoms with Crippen LogP contribution >= 0.6 is 0 Å². The smallest absolute Gasteiger partial charge is 0.326 e. The Bertz CT molecular complexity index is 1420. The predicted molar refractivity (Wildman–Crippen MR) is 141 cm³/mol. The number of urea groups is 1. The van der Waals surface area contributed by atoms with Crippen LogP contribution in [-0.4, -0.2) is 28.9 Å². The van der Waals surface area contributed by atoms with Crippen molar-refractivity contribution in [2.75, 3.05) is 5.32 Å².